The van der Waals surface area contributed by atoms with Crippen molar-refractivity contribution < 1.29 is 46.3 Å². The SMILES string of the molecule is CC(=O)NC1C(O)OC(COS(=O)(=O)c2ccc(C)cc2)[C@H](OC(C)=O)C1OC(C)=O. The number of benzene rings is 1. The normalized spacial score (nSPS) is 26.0. The lowest BCUT2D eigenvalue weighted by Crippen LogP contribution is -2.66. The Morgan fingerprint density at radius 2 is 1.58 bits per heavy atom. The molecule has 12 heteroatoms. The molecule has 0 aliphatic carbocycles. The minimum Gasteiger partial charge on any atom is -0.456 e. The van der Waals surface area contributed by atoms with Gasteiger partial charge in [-0.15, -0.1) is 0 Å². The maximum Gasteiger partial charge on any atom is 0.303 e. The molecule has 1 saturated heterocycles. The highest BCUT2D eigenvalue weighted by Crippen LogP contribution is 2.27. The highest BCUT2D eigenvalue weighted by molar-refractivity contribution is 7.86. The van der Waals surface area contributed by atoms with Crippen molar-refractivity contribution in [2.45, 2.75) is 63.2 Å². The average molecular weight is 459 g/mol. The summed E-state index contributed by atoms with van der Waals surface area (Å²) >= 11 is 0. The van der Waals surface area contributed by atoms with E-state index in [0.29, 0.717) is 0 Å². The minimum atomic E-state index is -4.20. The van der Waals surface area contributed by atoms with Crippen LogP contribution in [0.25, 0.3) is 0 Å². The molecule has 31 heavy (non-hydrogen) atoms. The number of ether oxygens (including phenoxy) is 3. The molecule has 172 valence electrons. The Labute approximate surface area is 179 Å². The molecule has 0 saturated carbocycles. The summed E-state index contributed by atoms with van der Waals surface area (Å²) in [4.78, 5) is 34.6. The summed E-state index contributed by atoms with van der Waals surface area (Å²) in [7, 11) is -4.20. The molecule has 5 atom stereocenters. The first-order valence-corrected chi connectivity index (χ1v) is 10.7. The van der Waals surface area contributed by atoms with Gasteiger partial charge in [0, 0.05) is 20.8 Å². The Hall–Kier alpha value is -2.54. The van der Waals surface area contributed by atoms with Crippen molar-refractivity contribution in [1.82, 2.24) is 5.32 Å². The zero-order valence-corrected chi connectivity index (χ0v) is 18.2. The van der Waals surface area contributed by atoms with Crippen LogP contribution in [0.15, 0.2) is 29.2 Å². The Bertz CT molecular complexity index is 914. The van der Waals surface area contributed by atoms with Crippen molar-refractivity contribution in [1.29, 1.82) is 0 Å². The number of hydrogen-bond donors (Lipinski definition) is 2. The number of aliphatic hydroxyl groups is 1. The van der Waals surface area contributed by atoms with Gasteiger partial charge in [-0.05, 0) is 19.1 Å². The van der Waals surface area contributed by atoms with E-state index in [9.17, 15) is 27.9 Å². The third kappa shape index (κ3) is 6.72. The maximum absolute atomic E-state index is 12.5. The topological polar surface area (TPSA) is 155 Å². The third-order valence-electron chi connectivity index (χ3n) is 4.34. The average Bonchev–Trinajstić information content (AvgIpc) is 2.65. The molecule has 0 bridgehead atoms. The Kier molecular flexibility index (Phi) is 8.12. The van der Waals surface area contributed by atoms with E-state index in [4.69, 9.17) is 18.4 Å². The van der Waals surface area contributed by atoms with Crippen molar-refractivity contribution in [3.05, 3.63) is 29.8 Å². The number of aryl methyl sites for hydroxylation is 1. The molecule has 11 nitrogen and oxygen atoms in total. The highest BCUT2D eigenvalue weighted by atomic mass is 32.2. The second-order valence-corrected chi connectivity index (χ2v) is 8.61. The van der Waals surface area contributed by atoms with E-state index in [1.54, 1.807) is 19.1 Å². The molecule has 4 unspecified atom stereocenters. The smallest absolute Gasteiger partial charge is 0.303 e. The lowest BCUT2D eigenvalue weighted by Gasteiger charge is -2.43. The van der Waals surface area contributed by atoms with Crippen molar-refractivity contribution in [3.8, 4) is 0 Å². The van der Waals surface area contributed by atoms with Crippen LogP contribution in [0.3, 0.4) is 0 Å². The molecule has 1 aromatic carbocycles. The van der Waals surface area contributed by atoms with Crippen molar-refractivity contribution in [2.24, 2.45) is 0 Å². The van der Waals surface area contributed by atoms with E-state index in [1.165, 1.54) is 19.1 Å². The largest absolute Gasteiger partial charge is 0.456 e. The summed E-state index contributed by atoms with van der Waals surface area (Å²) in [6.07, 6.45) is -5.75. The van der Waals surface area contributed by atoms with E-state index < -0.39 is 65.2 Å². The molecule has 1 fully saturated rings. The second kappa shape index (κ2) is 10.2. The molecule has 1 aliphatic heterocycles. The lowest BCUT2D eigenvalue weighted by molar-refractivity contribution is -0.261. The van der Waals surface area contributed by atoms with Crippen LogP contribution in [0, 0.1) is 6.92 Å². The first-order valence-electron chi connectivity index (χ1n) is 9.32. The van der Waals surface area contributed by atoms with Gasteiger partial charge in [-0.25, -0.2) is 0 Å². The molecule has 1 amide bonds. The molecular weight excluding hydrogens is 434 g/mol. The van der Waals surface area contributed by atoms with Gasteiger partial charge >= 0.3 is 11.9 Å². The summed E-state index contributed by atoms with van der Waals surface area (Å²) in [6, 6.07) is 4.63. The van der Waals surface area contributed by atoms with Crippen LogP contribution in [-0.4, -0.2) is 68.6 Å². The predicted octanol–water partition coefficient (Wildman–Crippen LogP) is -0.214. The molecule has 1 aliphatic rings. The number of esters is 2. The van der Waals surface area contributed by atoms with Crippen LogP contribution < -0.4 is 5.32 Å². The number of nitrogens with one attached hydrogen (secondary N) is 1. The van der Waals surface area contributed by atoms with E-state index in [1.807, 2.05) is 0 Å². The molecule has 1 aromatic rings. The molecular formula is C19H25NO10S. The maximum atomic E-state index is 12.5. The van der Waals surface area contributed by atoms with Gasteiger partial charge in [-0.1, -0.05) is 17.7 Å². The predicted molar refractivity (Wildman–Crippen MR) is 104 cm³/mol. The monoisotopic (exact) mass is 459 g/mol. The molecule has 0 aromatic heterocycles. The second-order valence-electron chi connectivity index (χ2n) is 6.99. The van der Waals surface area contributed by atoms with Crippen LogP contribution in [0.1, 0.15) is 26.3 Å². The first kappa shape index (κ1) is 24.7. The number of carbonyl (C=O) groups is 3. The fourth-order valence-corrected chi connectivity index (χ4v) is 3.96. The number of amides is 1. The van der Waals surface area contributed by atoms with Gasteiger partial charge in [-0.2, -0.15) is 8.42 Å². The zero-order chi connectivity index (χ0) is 23.3. The van der Waals surface area contributed by atoms with Gasteiger partial charge in [-0.3, -0.25) is 18.6 Å². The summed E-state index contributed by atoms with van der Waals surface area (Å²) in [6.45, 7) is 4.48. The number of rotatable bonds is 7. The number of carbonyl (C=O) groups excluding carboxylic acids is 3. The first-order chi connectivity index (χ1) is 14.4. The van der Waals surface area contributed by atoms with Gasteiger partial charge in [0.1, 0.15) is 12.1 Å². The van der Waals surface area contributed by atoms with Crippen LogP contribution in [0.5, 0.6) is 0 Å². The van der Waals surface area contributed by atoms with E-state index in [2.05, 4.69) is 5.32 Å². The Morgan fingerprint density at radius 1 is 1.03 bits per heavy atom. The lowest BCUT2D eigenvalue weighted by atomic mass is 9.96. The third-order valence-corrected chi connectivity index (χ3v) is 5.63. The van der Waals surface area contributed by atoms with Gasteiger partial charge < -0.3 is 24.6 Å². The molecule has 1 heterocycles. The zero-order valence-electron chi connectivity index (χ0n) is 17.4. The van der Waals surface area contributed by atoms with Crippen LogP contribution in [-0.2, 0) is 42.9 Å². The highest BCUT2D eigenvalue weighted by Gasteiger charge is 2.50. The van der Waals surface area contributed by atoms with Crippen molar-refractivity contribution in [3.63, 3.8) is 0 Å². The van der Waals surface area contributed by atoms with Crippen LogP contribution in [0.2, 0.25) is 0 Å². The summed E-state index contributed by atoms with van der Waals surface area (Å²) in [5.74, 6) is -2.13. The summed E-state index contributed by atoms with van der Waals surface area (Å²) in [5, 5.41) is 12.7. The Balaban J connectivity index is 2.29. The van der Waals surface area contributed by atoms with E-state index in [-0.39, 0.29) is 4.90 Å². The molecule has 0 spiro atoms. The summed E-state index contributed by atoms with van der Waals surface area (Å²) in [5.41, 5.74) is 0.848. The van der Waals surface area contributed by atoms with E-state index >= 15 is 0 Å². The van der Waals surface area contributed by atoms with Crippen LogP contribution >= 0.6 is 0 Å². The van der Waals surface area contributed by atoms with Gasteiger partial charge in [0.25, 0.3) is 10.1 Å². The number of hydrogen-bond acceptors (Lipinski definition) is 10. The molecule has 0 radical (unpaired) electrons. The number of aliphatic hydroxyl groups excluding tert-OH is 1. The standard InChI is InChI=1S/C19H25NO10S/c1-10-5-7-14(8-6-10)31(25,26)27-9-15-17(28-12(3)22)18(29-13(4)23)16(19(24)30-15)20-11(2)21/h5-8,15-19,24H,9H2,1-4H3,(H,20,21)/t15?,16?,17-,18?,19?/m0/s1. The fourth-order valence-electron chi connectivity index (χ4n) is 3.04. The van der Waals surface area contributed by atoms with Crippen molar-refractivity contribution in [2.75, 3.05) is 6.61 Å². The quantitative estimate of drug-likeness (QED) is 0.413. The van der Waals surface area contributed by atoms with Crippen LogP contribution in [0.4, 0.5) is 0 Å². The van der Waals surface area contributed by atoms with E-state index in [0.717, 1.165) is 19.4 Å². The fraction of sp³-hybridized carbons (Fsp3) is 0.526. The molecule has 2 rings (SSSR count). The molecule has 2 N–H and O–H groups in total. The van der Waals surface area contributed by atoms with Gasteiger partial charge in [0.05, 0.1) is 11.5 Å². The van der Waals surface area contributed by atoms with Gasteiger partial charge in [0.15, 0.2) is 18.5 Å². The summed E-state index contributed by atoms with van der Waals surface area (Å²) < 4.78 is 45.7. The Morgan fingerprint density at radius 3 is 2.10 bits per heavy atom. The van der Waals surface area contributed by atoms with Gasteiger partial charge in [0.2, 0.25) is 5.91 Å². The van der Waals surface area contributed by atoms with Crippen molar-refractivity contribution >= 4 is 28.0 Å². The minimum absolute atomic E-state index is 0.105.